The van der Waals surface area contributed by atoms with Crippen molar-refractivity contribution in [2.75, 3.05) is 5.32 Å². The van der Waals surface area contributed by atoms with E-state index in [1.807, 2.05) is 6.20 Å². The number of aromatic nitrogens is 2. The fourth-order valence-electron chi connectivity index (χ4n) is 2.92. The lowest BCUT2D eigenvalue weighted by molar-refractivity contribution is 0.126. The molecule has 0 unspecified atom stereocenters. The number of aliphatic hydroxyl groups excluding tert-OH is 1. The Labute approximate surface area is 133 Å². The summed E-state index contributed by atoms with van der Waals surface area (Å²) in [6.07, 6.45) is 6.36. The highest BCUT2D eigenvalue weighted by Gasteiger charge is 2.20. The minimum atomic E-state index is -0.135. The molecular formula is C16H20BrN3O. The summed E-state index contributed by atoms with van der Waals surface area (Å²) in [4.78, 5) is 9.13. The Balaban J connectivity index is 1.85. The molecule has 2 N–H and O–H groups in total. The van der Waals surface area contributed by atoms with Gasteiger partial charge < -0.3 is 10.4 Å². The van der Waals surface area contributed by atoms with Crippen LogP contribution in [0, 0.1) is 0 Å². The second-order valence-corrected chi connectivity index (χ2v) is 6.62. The summed E-state index contributed by atoms with van der Waals surface area (Å²) >= 11 is 3.53. The van der Waals surface area contributed by atoms with Gasteiger partial charge in [-0.3, -0.25) is 0 Å². The Bertz CT molecular complexity index is 639. The van der Waals surface area contributed by atoms with Crippen LogP contribution >= 0.6 is 15.9 Å². The molecule has 1 aromatic carbocycles. The Kier molecular flexibility index (Phi) is 4.40. The Hall–Kier alpha value is -1.20. The van der Waals surface area contributed by atoms with Crippen LogP contribution < -0.4 is 5.32 Å². The number of fused-ring (bicyclic) bond motifs is 1. The third-order valence-corrected chi connectivity index (χ3v) is 4.60. The number of hydrogen-bond acceptors (Lipinski definition) is 4. The molecule has 0 atom stereocenters. The van der Waals surface area contributed by atoms with Gasteiger partial charge in [0.1, 0.15) is 0 Å². The molecular weight excluding hydrogens is 330 g/mol. The topological polar surface area (TPSA) is 58.0 Å². The molecule has 3 rings (SSSR count). The van der Waals surface area contributed by atoms with E-state index in [2.05, 4.69) is 45.3 Å². The zero-order valence-electron chi connectivity index (χ0n) is 12.1. The molecule has 1 aromatic heterocycles. The van der Waals surface area contributed by atoms with Crippen LogP contribution in [-0.4, -0.2) is 27.2 Å². The molecule has 1 aliphatic carbocycles. The molecule has 1 heterocycles. The average molecular weight is 350 g/mol. The van der Waals surface area contributed by atoms with E-state index in [-0.39, 0.29) is 6.10 Å². The molecule has 1 fully saturated rings. The van der Waals surface area contributed by atoms with Gasteiger partial charge in [0.25, 0.3) is 0 Å². The van der Waals surface area contributed by atoms with Crippen LogP contribution in [0.4, 0.5) is 5.95 Å². The van der Waals surface area contributed by atoms with Crippen LogP contribution in [0.2, 0.25) is 0 Å². The summed E-state index contributed by atoms with van der Waals surface area (Å²) in [6, 6.07) is 4.54. The van der Waals surface area contributed by atoms with Crippen molar-refractivity contribution in [3.8, 4) is 0 Å². The summed E-state index contributed by atoms with van der Waals surface area (Å²) in [6.45, 7) is 2.14. The molecule has 0 spiro atoms. The monoisotopic (exact) mass is 349 g/mol. The van der Waals surface area contributed by atoms with Crippen molar-refractivity contribution < 1.29 is 5.11 Å². The SMILES string of the molecule is CCc1cc(Br)cc2cnc(NC3CCC(O)CC3)nc12. The maximum atomic E-state index is 9.57. The molecule has 1 saturated carbocycles. The van der Waals surface area contributed by atoms with Gasteiger partial charge in [-0.25, -0.2) is 9.97 Å². The third-order valence-electron chi connectivity index (χ3n) is 4.14. The maximum absolute atomic E-state index is 9.57. The molecule has 0 aliphatic heterocycles. The third kappa shape index (κ3) is 3.35. The van der Waals surface area contributed by atoms with Crippen LogP contribution in [-0.2, 0) is 6.42 Å². The number of hydrogen-bond donors (Lipinski definition) is 2. The number of halogens is 1. The van der Waals surface area contributed by atoms with Gasteiger partial charge in [0.15, 0.2) is 0 Å². The number of rotatable bonds is 3. The van der Waals surface area contributed by atoms with E-state index in [4.69, 9.17) is 4.98 Å². The van der Waals surface area contributed by atoms with Crippen molar-refractivity contribution in [3.05, 3.63) is 28.4 Å². The van der Waals surface area contributed by atoms with Gasteiger partial charge in [-0.1, -0.05) is 22.9 Å². The fraction of sp³-hybridized carbons (Fsp3) is 0.500. The first kappa shape index (κ1) is 14.7. The Morgan fingerprint density at radius 2 is 2.05 bits per heavy atom. The highest BCUT2D eigenvalue weighted by atomic mass is 79.9. The number of nitrogens with zero attached hydrogens (tertiary/aromatic N) is 2. The first-order valence-corrected chi connectivity index (χ1v) is 8.34. The largest absolute Gasteiger partial charge is 0.393 e. The van der Waals surface area contributed by atoms with Gasteiger partial charge in [-0.15, -0.1) is 0 Å². The maximum Gasteiger partial charge on any atom is 0.223 e. The van der Waals surface area contributed by atoms with E-state index >= 15 is 0 Å². The lowest BCUT2D eigenvalue weighted by Gasteiger charge is -2.26. The van der Waals surface area contributed by atoms with Gasteiger partial charge in [-0.05, 0) is 49.8 Å². The molecule has 0 bridgehead atoms. The number of aliphatic hydroxyl groups is 1. The van der Waals surface area contributed by atoms with E-state index in [9.17, 15) is 5.11 Å². The van der Waals surface area contributed by atoms with Gasteiger partial charge in [0.05, 0.1) is 11.6 Å². The summed E-state index contributed by atoms with van der Waals surface area (Å²) in [5.41, 5.74) is 2.25. The van der Waals surface area contributed by atoms with Crippen molar-refractivity contribution in [1.82, 2.24) is 9.97 Å². The summed E-state index contributed by atoms with van der Waals surface area (Å²) < 4.78 is 1.07. The zero-order chi connectivity index (χ0) is 14.8. The van der Waals surface area contributed by atoms with E-state index in [1.165, 1.54) is 5.56 Å². The van der Waals surface area contributed by atoms with Gasteiger partial charge in [0.2, 0.25) is 5.95 Å². The van der Waals surface area contributed by atoms with Gasteiger partial charge in [0, 0.05) is 22.1 Å². The molecule has 0 radical (unpaired) electrons. The Morgan fingerprint density at radius 1 is 1.29 bits per heavy atom. The molecule has 2 aromatic rings. The van der Waals surface area contributed by atoms with Crippen LogP contribution in [0.1, 0.15) is 38.2 Å². The Morgan fingerprint density at radius 3 is 2.76 bits per heavy atom. The molecule has 0 saturated heterocycles. The highest BCUT2D eigenvalue weighted by Crippen LogP contribution is 2.25. The zero-order valence-corrected chi connectivity index (χ0v) is 13.7. The average Bonchev–Trinajstić information content (AvgIpc) is 2.49. The van der Waals surface area contributed by atoms with Crippen molar-refractivity contribution in [1.29, 1.82) is 0 Å². The van der Waals surface area contributed by atoms with Crippen LogP contribution in [0.25, 0.3) is 10.9 Å². The molecule has 112 valence electrons. The van der Waals surface area contributed by atoms with Gasteiger partial charge in [-0.2, -0.15) is 0 Å². The minimum absolute atomic E-state index is 0.135. The minimum Gasteiger partial charge on any atom is -0.393 e. The summed E-state index contributed by atoms with van der Waals surface area (Å²) in [5, 5.41) is 14.0. The summed E-state index contributed by atoms with van der Waals surface area (Å²) in [5.74, 6) is 0.695. The van der Waals surface area contributed by atoms with E-state index < -0.39 is 0 Å². The van der Waals surface area contributed by atoms with E-state index in [0.29, 0.717) is 12.0 Å². The molecule has 1 aliphatic rings. The van der Waals surface area contributed by atoms with Crippen molar-refractivity contribution >= 4 is 32.8 Å². The van der Waals surface area contributed by atoms with Crippen molar-refractivity contribution in [2.24, 2.45) is 0 Å². The molecule has 5 heteroatoms. The second-order valence-electron chi connectivity index (χ2n) is 5.70. The lowest BCUT2D eigenvalue weighted by Crippen LogP contribution is -2.28. The van der Waals surface area contributed by atoms with Crippen molar-refractivity contribution in [3.63, 3.8) is 0 Å². The predicted molar refractivity (Wildman–Crippen MR) is 88.5 cm³/mol. The quantitative estimate of drug-likeness (QED) is 0.887. The molecule has 0 amide bonds. The lowest BCUT2D eigenvalue weighted by atomic mass is 9.93. The highest BCUT2D eigenvalue weighted by molar-refractivity contribution is 9.10. The fourth-order valence-corrected chi connectivity index (χ4v) is 3.44. The standard InChI is InChI=1S/C16H20BrN3O/c1-2-10-7-12(17)8-11-9-18-16(20-15(10)11)19-13-3-5-14(21)6-4-13/h7-9,13-14,21H,2-6H2,1H3,(H,18,19,20). The van der Waals surface area contributed by atoms with Crippen LogP contribution in [0.15, 0.2) is 22.8 Å². The van der Waals surface area contributed by atoms with Crippen LogP contribution in [0.5, 0.6) is 0 Å². The number of aryl methyl sites for hydroxylation is 1. The first-order chi connectivity index (χ1) is 10.2. The smallest absolute Gasteiger partial charge is 0.223 e. The normalized spacial score (nSPS) is 22.4. The van der Waals surface area contributed by atoms with Crippen LogP contribution in [0.3, 0.4) is 0 Å². The first-order valence-electron chi connectivity index (χ1n) is 7.55. The van der Waals surface area contributed by atoms with E-state index in [1.54, 1.807) is 0 Å². The summed E-state index contributed by atoms with van der Waals surface area (Å²) in [7, 11) is 0. The second kappa shape index (κ2) is 6.28. The molecule has 4 nitrogen and oxygen atoms in total. The number of benzene rings is 1. The number of anilines is 1. The van der Waals surface area contributed by atoms with Crippen molar-refractivity contribution in [2.45, 2.75) is 51.2 Å². The predicted octanol–water partition coefficient (Wildman–Crippen LogP) is 3.67. The van der Waals surface area contributed by atoms with E-state index in [0.717, 1.165) is 47.5 Å². The number of nitrogens with one attached hydrogen (secondary N) is 1. The molecule has 21 heavy (non-hydrogen) atoms. The van der Waals surface area contributed by atoms with Gasteiger partial charge >= 0.3 is 0 Å².